The highest BCUT2D eigenvalue weighted by atomic mass is 19.4. The lowest BCUT2D eigenvalue weighted by Crippen LogP contribution is -2.51. The van der Waals surface area contributed by atoms with Gasteiger partial charge in [-0.3, -0.25) is 4.79 Å². The fraction of sp³-hybridized carbons (Fsp3) is 0.706. The molecule has 0 radical (unpaired) electrons. The van der Waals surface area contributed by atoms with Gasteiger partial charge >= 0.3 is 6.18 Å². The molecule has 0 aromatic rings. The van der Waals surface area contributed by atoms with E-state index in [4.69, 9.17) is 14.2 Å². The fourth-order valence-electron chi connectivity index (χ4n) is 3.76. The van der Waals surface area contributed by atoms with E-state index in [0.717, 1.165) is 13.0 Å². The van der Waals surface area contributed by atoms with E-state index in [1.165, 1.54) is 7.11 Å². The molecule has 0 unspecified atom stereocenters. The molecular weight excluding hydrogens is 325 g/mol. The number of epoxide rings is 2. The maximum atomic E-state index is 12.6. The predicted molar refractivity (Wildman–Crippen MR) is 79.4 cm³/mol. The highest BCUT2D eigenvalue weighted by Gasteiger charge is 2.71. The van der Waals surface area contributed by atoms with E-state index in [1.54, 1.807) is 13.0 Å². The Morgan fingerprint density at radius 2 is 2.12 bits per heavy atom. The highest BCUT2D eigenvalue weighted by molar-refractivity contribution is 6.00. The van der Waals surface area contributed by atoms with Gasteiger partial charge in [0.15, 0.2) is 5.78 Å². The van der Waals surface area contributed by atoms with Crippen molar-refractivity contribution in [3.8, 4) is 0 Å². The number of alkyl halides is 3. The van der Waals surface area contributed by atoms with Crippen molar-refractivity contribution in [1.29, 1.82) is 0 Å². The number of carbonyl (C=O) groups is 1. The minimum Gasteiger partial charge on any atom is -0.373 e. The van der Waals surface area contributed by atoms with Gasteiger partial charge in [-0.1, -0.05) is 6.08 Å². The number of ether oxygens (including phenoxy) is 3. The summed E-state index contributed by atoms with van der Waals surface area (Å²) in [5.41, 5.74) is -1.40. The Bertz CT molecular complexity index is 618. The van der Waals surface area contributed by atoms with E-state index >= 15 is 0 Å². The summed E-state index contributed by atoms with van der Waals surface area (Å²) in [5, 5.41) is 0. The van der Waals surface area contributed by atoms with Crippen molar-refractivity contribution in [3.63, 3.8) is 0 Å². The Balaban J connectivity index is 1.80. The van der Waals surface area contributed by atoms with Crippen molar-refractivity contribution in [2.24, 2.45) is 5.92 Å². The molecule has 3 rings (SSSR count). The van der Waals surface area contributed by atoms with Gasteiger partial charge in [-0.25, -0.2) is 0 Å². The topological polar surface area (TPSA) is 51.4 Å². The zero-order chi connectivity index (χ0) is 17.9. The first kappa shape index (κ1) is 17.6. The van der Waals surface area contributed by atoms with E-state index in [9.17, 15) is 18.0 Å². The summed E-state index contributed by atoms with van der Waals surface area (Å²) < 4.78 is 54.6. The summed E-state index contributed by atoms with van der Waals surface area (Å²) >= 11 is 0. The lowest BCUT2D eigenvalue weighted by atomic mass is 9.70. The molecule has 0 amide bonds. The molecule has 2 aliphatic heterocycles. The summed E-state index contributed by atoms with van der Waals surface area (Å²) in [4.78, 5) is 12.4. The normalized spacial score (nSPS) is 42.3. The van der Waals surface area contributed by atoms with Gasteiger partial charge in [-0.15, -0.1) is 0 Å². The zero-order valence-corrected chi connectivity index (χ0v) is 14.1. The molecule has 2 heterocycles. The Labute approximate surface area is 138 Å². The number of hydrogen-bond donors (Lipinski definition) is 0. The summed E-state index contributed by atoms with van der Waals surface area (Å²) in [7, 11) is 1.46. The Morgan fingerprint density at radius 1 is 1.50 bits per heavy atom. The van der Waals surface area contributed by atoms with Gasteiger partial charge in [-0.2, -0.15) is 13.2 Å². The first-order valence-corrected chi connectivity index (χ1v) is 7.87. The van der Waals surface area contributed by atoms with Crippen molar-refractivity contribution in [2.75, 3.05) is 13.7 Å². The number of halogens is 3. The summed E-state index contributed by atoms with van der Waals surface area (Å²) in [6.07, 6.45) is -2.35. The second-order valence-electron chi connectivity index (χ2n) is 6.98. The minimum atomic E-state index is -4.33. The van der Waals surface area contributed by atoms with Crippen LogP contribution < -0.4 is 0 Å². The Kier molecular flexibility index (Phi) is 3.97. The van der Waals surface area contributed by atoms with E-state index in [2.05, 4.69) is 0 Å². The number of carbonyl (C=O) groups excluding carboxylic acids is 1. The van der Waals surface area contributed by atoms with E-state index in [0.29, 0.717) is 12.2 Å². The van der Waals surface area contributed by atoms with Crippen molar-refractivity contribution in [3.05, 3.63) is 23.3 Å². The first-order chi connectivity index (χ1) is 11.0. The lowest BCUT2D eigenvalue weighted by Gasteiger charge is -2.35. The largest absolute Gasteiger partial charge is 0.412 e. The van der Waals surface area contributed by atoms with Crippen LogP contribution in [0.3, 0.4) is 0 Å². The van der Waals surface area contributed by atoms with Crippen molar-refractivity contribution >= 4 is 5.78 Å². The predicted octanol–water partition coefficient (Wildman–Crippen LogP) is 2.97. The number of rotatable bonds is 4. The average molecular weight is 346 g/mol. The second-order valence-corrected chi connectivity index (χ2v) is 6.98. The molecule has 0 aromatic carbocycles. The molecule has 24 heavy (non-hydrogen) atoms. The van der Waals surface area contributed by atoms with Crippen molar-refractivity contribution < 1.29 is 32.2 Å². The summed E-state index contributed by atoms with van der Waals surface area (Å²) in [6.45, 7) is 5.04. The molecule has 7 heteroatoms. The zero-order valence-electron chi connectivity index (χ0n) is 14.1. The first-order valence-electron chi connectivity index (χ1n) is 7.87. The molecule has 2 fully saturated rings. The van der Waals surface area contributed by atoms with E-state index < -0.39 is 35.2 Å². The maximum Gasteiger partial charge on any atom is 0.412 e. The van der Waals surface area contributed by atoms with E-state index in [1.807, 2.05) is 6.92 Å². The van der Waals surface area contributed by atoms with Crippen molar-refractivity contribution in [2.45, 2.75) is 56.8 Å². The number of Topliss-reactive ketones (excluding diaryl/α,β-unsaturated/α-hetero) is 1. The number of hydrogen-bond acceptors (Lipinski definition) is 4. The van der Waals surface area contributed by atoms with Gasteiger partial charge in [-0.05, 0) is 38.8 Å². The standard InChI is InChI=1S/C17H21F3O4/c1-9-7-16(8-23-16)14(13(22-4)12(9)21)15(3)11(24-15)6-5-10(2)17(18,19)20/h5,7,11,13-14H,6,8H2,1-4H3/b10-5+/t11-,13-,14-,15-,16+/m1/s1. The average Bonchev–Trinajstić information content (AvgIpc) is 3.38. The smallest absolute Gasteiger partial charge is 0.373 e. The minimum absolute atomic E-state index is 0.124. The molecule has 0 aromatic heterocycles. The van der Waals surface area contributed by atoms with E-state index in [-0.39, 0.29) is 18.1 Å². The van der Waals surface area contributed by atoms with Gasteiger partial charge in [0.25, 0.3) is 0 Å². The van der Waals surface area contributed by atoms with Crippen LogP contribution in [0.4, 0.5) is 13.2 Å². The van der Waals surface area contributed by atoms with Crippen LogP contribution in [0, 0.1) is 5.92 Å². The van der Waals surface area contributed by atoms with Crippen LogP contribution in [-0.2, 0) is 19.0 Å². The third-order valence-corrected chi connectivity index (χ3v) is 5.35. The van der Waals surface area contributed by atoms with Crippen molar-refractivity contribution in [1.82, 2.24) is 0 Å². The summed E-state index contributed by atoms with van der Waals surface area (Å²) in [5.74, 6) is -0.489. The van der Waals surface area contributed by atoms with Gasteiger partial charge in [0, 0.05) is 12.7 Å². The molecule has 0 N–H and O–H groups in total. The Hall–Kier alpha value is -1.18. The van der Waals surface area contributed by atoms with Crippen LogP contribution in [0.2, 0.25) is 0 Å². The maximum absolute atomic E-state index is 12.6. The Morgan fingerprint density at radius 3 is 2.62 bits per heavy atom. The molecule has 134 valence electrons. The molecule has 1 spiro atoms. The quantitative estimate of drug-likeness (QED) is 0.580. The van der Waals surface area contributed by atoms with Gasteiger partial charge in [0.1, 0.15) is 17.3 Å². The van der Waals surface area contributed by atoms with Gasteiger partial charge in [0.2, 0.25) is 0 Å². The molecule has 2 saturated heterocycles. The SMILES string of the molecule is CO[C@@H]1C(=O)C(C)=C[C@]2(CO2)[C@H]1[C@]1(C)O[C@@H]1C/C=C(\C)C(F)(F)F. The molecule has 3 aliphatic rings. The second kappa shape index (κ2) is 5.41. The van der Waals surface area contributed by atoms with Gasteiger partial charge in [0.05, 0.1) is 18.6 Å². The monoisotopic (exact) mass is 346 g/mol. The third kappa shape index (κ3) is 2.72. The van der Waals surface area contributed by atoms with Crippen LogP contribution in [0.25, 0.3) is 0 Å². The van der Waals surface area contributed by atoms with Crippen LogP contribution in [-0.4, -0.2) is 49.1 Å². The molecule has 4 nitrogen and oxygen atoms in total. The van der Waals surface area contributed by atoms with Crippen LogP contribution in [0.5, 0.6) is 0 Å². The molecule has 1 aliphatic carbocycles. The number of allylic oxidation sites excluding steroid dienone is 1. The van der Waals surface area contributed by atoms with Gasteiger partial charge < -0.3 is 14.2 Å². The summed E-state index contributed by atoms with van der Waals surface area (Å²) in [6, 6.07) is 0. The molecule has 0 bridgehead atoms. The fourth-order valence-corrected chi connectivity index (χ4v) is 3.76. The molecule has 5 atom stereocenters. The third-order valence-electron chi connectivity index (χ3n) is 5.35. The number of methoxy groups -OCH3 is 1. The lowest BCUT2D eigenvalue weighted by molar-refractivity contribution is -0.133. The molecular formula is C17H21F3O4. The van der Waals surface area contributed by atoms with Crippen LogP contribution >= 0.6 is 0 Å². The number of ketones is 1. The molecule has 0 saturated carbocycles. The highest BCUT2D eigenvalue weighted by Crippen LogP contribution is 2.57. The van der Waals surface area contributed by atoms with Crippen LogP contribution in [0.15, 0.2) is 23.3 Å². The van der Waals surface area contributed by atoms with Crippen LogP contribution in [0.1, 0.15) is 27.2 Å².